The number of rotatable bonds is 5. The maximum absolute atomic E-state index is 11.9. The SMILES string of the molecule is CC(CO)N(C)C(=O)Cn1nnc(-c2ccco2)n1. The molecule has 0 saturated heterocycles. The zero-order valence-corrected chi connectivity index (χ0v) is 10.7. The van der Waals surface area contributed by atoms with E-state index in [2.05, 4.69) is 15.4 Å². The summed E-state index contributed by atoms with van der Waals surface area (Å²) in [6.45, 7) is 1.63. The van der Waals surface area contributed by atoms with Gasteiger partial charge in [0.05, 0.1) is 18.9 Å². The number of hydrogen-bond acceptors (Lipinski definition) is 6. The van der Waals surface area contributed by atoms with Gasteiger partial charge in [-0.3, -0.25) is 4.79 Å². The number of hydrogen-bond donors (Lipinski definition) is 1. The van der Waals surface area contributed by atoms with Crippen LogP contribution in [0, 0.1) is 0 Å². The fourth-order valence-electron chi connectivity index (χ4n) is 1.42. The van der Waals surface area contributed by atoms with E-state index in [1.54, 1.807) is 26.1 Å². The lowest BCUT2D eigenvalue weighted by atomic mass is 10.3. The van der Waals surface area contributed by atoms with Gasteiger partial charge in [-0.1, -0.05) is 0 Å². The second kappa shape index (κ2) is 5.61. The zero-order chi connectivity index (χ0) is 13.8. The molecule has 0 aromatic carbocycles. The van der Waals surface area contributed by atoms with Crippen molar-refractivity contribution < 1.29 is 14.3 Å². The van der Waals surface area contributed by atoms with E-state index in [1.165, 1.54) is 16.0 Å². The second-order valence-electron chi connectivity index (χ2n) is 4.16. The van der Waals surface area contributed by atoms with Crippen LogP contribution in [0.1, 0.15) is 6.92 Å². The van der Waals surface area contributed by atoms with E-state index in [9.17, 15) is 4.79 Å². The highest BCUT2D eigenvalue weighted by Crippen LogP contribution is 2.12. The Hall–Kier alpha value is -2.22. The van der Waals surface area contributed by atoms with Crippen LogP contribution in [0.25, 0.3) is 11.6 Å². The number of likely N-dealkylation sites (N-methyl/N-ethyl adjacent to an activating group) is 1. The fourth-order valence-corrected chi connectivity index (χ4v) is 1.42. The van der Waals surface area contributed by atoms with Crippen molar-refractivity contribution in [1.29, 1.82) is 0 Å². The van der Waals surface area contributed by atoms with E-state index >= 15 is 0 Å². The third-order valence-corrected chi connectivity index (χ3v) is 2.79. The topological polar surface area (TPSA) is 97.3 Å². The molecule has 2 aromatic rings. The first-order valence-electron chi connectivity index (χ1n) is 5.80. The van der Waals surface area contributed by atoms with Crippen LogP contribution in [0.15, 0.2) is 22.8 Å². The van der Waals surface area contributed by atoms with Gasteiger partial charge in [0.2, 0.25) is 11.7 Å². The molecule has 1 unspecified atom stereocenters. The number of amides is 1. The Morgan fingerprint density at radius 2 is 2.42 bits per heavy atom. The van der Waals surface area contributed by atoms with Gasteiger partial charge in [-0.05, 0) is 24.3 Å². The lowest BCUT2D eigenvalue weighted by molar-refractivity contribution is -0.133. The summed E-state index contributed by atoms with van der Waals surface area (Å²) in [5.74, 6) is 0.622. The molecule has 0 aliphatic heterocycles. The average molecular weight is 265 g/mol. The highest BCUT2D eigenvalue weighted by molar-refractivity contribution is 5.75. The van der Waals surface area contributed by atoms with Crippen molar-refractivity contribution in [3.05, 3.63) is 18.4 Å². The number of carbonyl (C=O) groups excluding carboxylic acids is 1. The molecule has 102 valence electrons. The van der Waals surface area contributed by atoms with E-state index in [1.807, 2.05) is 0 Å². The third-order valence-electron chi connectivity index (χ3n) is 2.79. The Bertz CT molecular complexity index is 536. The maximum Gasteiger partial charge on any atom is 0.246 e. The Morgan fingerprint density at radius 3 is 3.05 bits per heavy atom. The van der Waals surface area contributed by atoms with E-state index < -0.39 is 0 Å². The summed E-state index contributed by atoms with van der Waals surface area (Å²) in [7, 11) is 1.62. The molecule has 1 N–H and O–H groups in total. The summed E-state index contributed by atoms with van der Waals surface area (Å²) < 4.78 is 5.13. The smallest absolute Gasteiger partial charge is 0.246 e. The number of carbonyl (C=O) groups is 1. The van der Waals surface area contributed by atoms with Crippen LogP contribution in [-0.2, 0) is 11.3 Å². The van der Waals surface area contributed by atoms with Crippen molar-refractivity contribution in [3.63, 3.8) is 0 Å². The minimum atomic E-state index is -0.249. The zero-order valence-electron chi connectivity index (χ0n) is 10.7. The first kappa shape index (κ1) is 13.2. The quantitative estimate of drug-likeness (QED) is 0.802. The van der Waals surface area contributed by atoms with Gasteiger partial charge in [-0.2, -0.15) is 4.80 Å². The summed E-state index contributed by atoms with van der Waals surface area (Å²) >= 11 is 0. The summed E-state index contributed by atoms with van der Waals surface area (Å²) in [5.41, 5.74) is 0. The van der Waals surface area contributed by atoms with Gasteiger partial charge in [-0.25, -0.2) is 0 Å². The molecule has 0 aliphatic carbocycles. The standard InChI is InChI=1S/C11H15N5O3/c1-8(7-17)15(2)10(18)6-16-13-11(12-14-16)9-4-3-5-19-9/h3-5,8,17H,6-7H2,1-2H3. The molecule has 8 nitrogen and oxygen atoms in total. The van der Waals surface area contributed by atoms with E-state index in [-0.39, 0.29) is 25.1 Å². The molecular formula is C11H15N5O3. The van der Waals surface area contributed by atoms with Crippen molar-refractivity contribution in [3.8, 4) is 11.6 Å². The van der Waals surface area contributed by atoms with Crippen LogP contribution >= 0.6 is 0 Å². The average Bonchev–Trinajstić information content (AvgIpc) is 3.06. The van der Waals surface area contributed by atoms with Gasteiger partial charge in [-0.15, -0.1) is 10.2 Å². The minimum Gasteiger partial charge on any atom is -0.461 e. The summed E-state index contributed by atoms with van der Waals surface area (Å²) in [5, 5.41) is 20.6. The van der Waals surface area contributed by atoms with Crippen LogP contribution in [-0.4, -0.2) is 55.8 Å². The maximum atomic E-state index is 11.9. The first-order chi connectivity index (χ1) is 9.11. The van der Waals surface area contributed by atoms with Gasteiger partial charge in [0.25, 0.3) is 0 Å². The highest BCUT2D eigenvalue weighted by Gasteiger charge is 2.17. The number of aliphatic hydroxyl groups excluding tert-OH is 1. The van der Waals surface area contributed by atoms with Gasteiger partial charge < -0.3 is 14.4 Å². The van der Waals surface area contributed by atoms with E-state index in [0.717, 1.165) is 0 Å². The number of tetrazole rings is 1. The Morgan fingerprint density at radius 1 is 1.63 bits per heavy atom. The van der Waals surface area contributed by atoms with Crippen molar-refractivity contribution in [2.24, 2.45) is 0 Å². The molecule has 2 rings (SSSR count). The van der Waals surface area contributed by atoms with E-state index in [0.29, 0.717) is 11.6 Å². The monoisotopic (exact) mass is 265 g/mol. The normalized spacial score (nSPS) is 12.4. The Kier molecular flexibility index (Phi) is 3.91. The number of aliphatic hydroxyl groups is 1. The molecular weight excluding hydrogens is 250 g/mol. The van der Waals surface area contributed by atoms with Crippen molar-refractivity contribution in [1.82, 2.24) is 25.1 Å². The molecule has 8 heteroatoms. The van der Waals surface area contributed by atoms with E-state index in [4.69, 9.17) is 9.52 Å². The molecule has 0 radical (unpaired) electrons. The molecule has 19 heavy (non-hydrogen) atoms. The first-order valence-corrected chi connectivity index (χ1v) is 5.80. The molecule has 1 atom stereocenters. The van der Waals surface area contributed by atoms with Crippen LogP contribution < -0.4 is 0 Å². The molecule has 0 bridgehead atoms. The summed E-state index contributed by atoms with van der Waals surface area (Å²) in [6, 6.07) is 3.18. The molecule has 1 amide bonds. The van der Waals surface area contributed by atoms with Crippen LogP contribution in [0.2, 0.25) is 0 Å². The molecule has 0 spiro atoms. The van der Waals surface area contributed by atoms with Crippen LogP contribution in [0.5, 0.6) is 0 Å². The molecule has 0 saturated carbocycles. The second-order valence-corrected chi connectivity index (χ2v) is 4.16. The largest absolute Gasteiger partial charge is 0.461 e. The molecule has 0 fully saturated rings. The van der Waals surface area contributed by atoms with Gasteiger partial charge in [0, 0.05) is 7.05 Å². The minimum absolute atomic E-state index is 0.0332. The Labute approximate surface area is 109 Å². The van der Waals surface area contributed by atoms with Gasteiger partial charge >= 0.3 is 0 Å². The molecule has 0 aliphatic rings. The lowest BCUT2D eigenvalue weighted by Gasteiger charge is -2.22. The van der Waals surface area contributed by atoms with Crippen LogP contribution in [0.4, 0.5) is 0 Å². The third kappa shape index (κ3) is 2.97. The lowest BCUT2D eigenvalue weighted by Crippen LogP contribution is -2.39. The molecule has 2 heterocycles. The summed E-state index contributed by atoms with van der Waals surface area (Å²) in [6.07, 6.45) is 1.51. The van der Waals surface area contributed by atoms with Crippen molar-refractivity contribution >= 4 is 5.91 Å². The fraction of sp³-hybridized carbons (Fsp3) is 0.455. The summed E-state index contributed by atoms with van der Waals surface area (Å²) in [4.78, 5) is 14.5. The number of nitrogens with zero attached hydrogens (tertiary/aromatic N) is 5. The van der Waals surface area contributed by atoms with Crippen molar-refractivity contribution in [2.45, 2.75) is 19.5 Å². The Balaban J connectivity index is 2.02. The predicted molar refractivity (Wildman–Crippen MR) is 64.8 cm³/mol. The van der Waals surface area contributed by atoms with Crippen LogP contribution in [0.3, 0.4) is 0 Å². The number of aromatic nitrogens is 4. The molecule has 2 aromatic heterocycles. The predicted octanol–water partition coefficient (Wildman–Crippen LogP) is -0.228. The van der Waals surface area contributed by atoms with Crippen molar-refractivity contribution in [2.75, 3.05) is 13.7 Å². The highest BCUT2D eigenvalue weighted by atomic mass is 16.3. The number of furan rings is 1. The van der Waals surface area contributed by atoms with Gasteiger partial charge in [0.1, 0.15) is 6.54 Å². The van der Waals surface area contributed by atoms with Gasteiger partial charge in [0.15, 0.2) is 5.76 Å².